The van der Waals surface area contributed by atoms with Crippen molar-refractivity contribution in [1.29, 1.82) is 0 Å². The molecule has 0 bridgehead atoms. The third-order valence-corrected chi connectivity index (χ3v) is 1.74. The summed E-state index contributed by atoms with van der Waals surface area (Å²) in [6.07, 6.45) is -4.66. The largest absolute Gasteiger partial charge is 0.465 e. The van der Waals surface area contributed by atoms with E-state index in [0.717, 1.165) is 0 Å². The maximum atomic E-state index is 12.3. The Bertz CT molecular complexity index is 467. The summed E-state index contributed by atoms with van der Waals surface area (Å²) < 4.78 is 41.8. The summed E-state index contributed by atoms with van der Waals surface area (Å²) in [6.45, 7) is 0.976. The third kappa shape index (κ3) is 3.58. The van der Waals surface area contributed by atoms with Gasteiger partial charge in [0.15, 0.2) is 5.69 Å². The van der Waals surface area contributed by atoms with Crippen molar-refractivity contribution in [3.8, 4) is 0 Å². The molecule has 0 amide bonds. The van der Waals surface area contributed by atoms with Crippen molar-refractivity contribution in [3.05, 3.63) is 28.2 Å². The van der Waals surface area contributed by atoms with Gasteiger partial charge in [-0.15, -0.1) is 0 Å². The first-order valence-electron chi connectivity index (χ1n) is 4.65. The quantitative estimate of drug-likeness (QED) is 0.745. The summed E-state index contributed by atoms with van der Waals surface area (Å²) in [5.74, 6) is -0.818. The van der Waals surface area contributed by atoms with Gasteiger partial charge in [-0.3, -0.25) is 9.59 Å². The molecule has 0 aliphatic rings. The van der Waals surface area contributed by atoms with Gasteiger partial charge in [0.1, 0.15) is 6.54 Å². The Balaban J connectivity index is 2.99. The lowest BCUT2D eigenvalue weighted by molar-refractivity contribution is -0.146. The van der Waals surface area contributed by atoms with Crippen LogP contribution in [0.1, 0.15) is 12.6 Å². The molecule has 0 aliphatic heterocycles. The van der Waals surface area contributed by atoms with E-state index in [4.69, 9.17) is 0 Å². The number of carbonyl (C=O) groups is 1. The van der Waals surface area contributed by atoms with E-state index in [1.165, 1.54) is 0 Å². The van der Waals surface area contributed by atoms with Crippen molar-refractivity contribution in [2.75, 3.05) is 6.61 Å². The number of ether oxygens (including phenoxy) is 1. The second kappa shape index (κ2) is 4.98. The first-order valence-corrected chi connectivity index (χ1v) is 4.65. The normalized spacial score (nSPS) is 11.3. The molecule has 0 radical (unpaired) electrons. The van der Waals surface area contributed by atoms with E-state index in [2.05, 4.69) is 9.84 Å². The summed E-state index contributed by atoms with van der Waals surface area (Å²) in [4.78, 5) is 22.2. The Hall–Kier alpha value is -1.86. The zero-order valence-corrected chi connectivity index (χ0v) is 8.82. The van der Waals surface area contributed by atoms with Crippen LogP contribution < -0.4 is 5.56 Å². The van der Waals surface area contributed by atoms with Gasteiger partial charge in [0.25, 0.3) is 5.56 Å². The number of alkyl halides is 3. The number of hydrogen-bond donors (Lipinski definition) is 0. The highest BCUT2D eigenvalue weighted by Crippen LogP contribution is 2.26. The van der Waals surface area contributed by atoms with Gasteiger partial charge in [-0.1, -0.05) is 0 Å². The Kier molecular flexibility index (Phi) is 3.87. The van der Waals surface area contributed by atoms with E-state index in [1.54, 1.807) is 6.92 Å². The van der Waals surface area contributed by atoms with Crippen LogP contribution in [-0.2, 0) is 22.3 Å². The standard InChI is InChI=1S/C9H9F3N2O3/c1-2-17-8(16)5-14-7(15)4-3-6(13-14)9(10,11)12/h3-4H,2,5H2,1H3. The van der Waals surface area contributed by atoms with E-state index >= 15 is 0 Å². The molecule has 0 fully saturated rings. The van der Waals surface area contributed by atoms with Crippen molar-refractivity contribution in [1.82, 2.24) is 9.78 Å². The molecule has 1 aromatic rings. The molecule has 0 saturated carbocycles. The van der Waals surface area contributed by atoms with Gasteiger partial charge in [-0.25, -0.2) is 4.68 Å². The van der Waals surface area contributed by atoms with Crippen LogP contribution in [0.5, 0.6) is 0 Å². The second-order valence-electron chi connectivity index (χ2n) is 3.02. The molecule has 0 spiro atoms. The first-order chi connectivity index (χ1) is 7.84. The topological polar surface area (TPSA) is 61.2 Å². The number of carbonyl (C=O) groups excluding carboxylic acids is 1. The van der Waals surface area contributed by atoms with Gasteiger partial charge >= 0.3 is 12.1 Å². The highest BCUT2D eigenvalue weighted by atomic mass is 19.4. The Morgan fingerprint density at radius 1 is 1.47 bits per heavy atom. The van der Waals surface area contributed by atoms with Gasteiger partial charge < -0.3 is 4.74 Å². The zero-order chi connectivity index (χ0) is 13.1. The zero-order valence-electron chi connectivity index (χ0n) is 8.82. The minimum Gasteiger partial charge on any atom is -0.465 e. The Labute approximate surface area is 93.8 Å². The van der Waals surface area contributed by atoms with E-state index < -0.39 is 29.9 Å². The molecule has 5 nitrogen and oxygen atoms in total. The molecule has 8 heteroatoms. The minimum atomic E-state index is -4.66. The van der Waals surface area contributed by atoms with Crippen LogP contribution in [0.25, 0.3) is 0 Å². The molecule has 94 valence electrons. The fourth-order valence-electron chi connectivity index (χ4n) is 1.04. The van der Waals surface area contributed by atoms with Crippen LogP contribution in [0, 0.1) is 0 Å². The summed E-state index contributed by atoms with van der Waals surface area (Å²) >= 11 is 0. The minimum absolute atomic E-state index is 0.0759. The Morgan fingerprint density at radius 3 is 2.65 bits per heavy atom. The number of esters is 1. The van der Waals surface area contributed by atoms with Crippen LogP contribution >= 0.6 is 0 Å². The number of rotatable bonds is 3. The van der Waals surface area contributed by atoms with E-state index in [9.17, 15) is 22.8 Å². The molecular formula is C9H9F3N2O3. The molecule has 0 N–H and O–H groups in total. The van der Waals surface area contributed by atoms with Crippen molar-refractivity contribution in [2.45, 2.75) is 19.6 Å². The summed E-state index contributed by atoms with van der Waals surface area (Å²) in [5, 5.41) is 3.04. The van der Waals surface area contributed by atoms with E-state index in [1.807, 2.05) is 0 Å². The number of hydrogen-bond acceptors (Lipinski definition) is 4. The average Bonchev–Trinajstić information content (AvgIpc) is 2.20. The summed E-state index contributed by atoms with van der Waals surface area (Å²) in [7, 11) is 0. The van der Waals surface area contributed by atoms with Crippen molar-refractivity contribution in [2.24, 2.45) is 0 Å². The predicted octanol–water partition coefficient (Wildman–Crippen LogP) is 0.825. The molecule has 1 heterocycles. The lowest BCUT2D eigenvalue weighted by Crippen LogP contribution is -2.29. The van der Waals surface area contributed by atoms with Gasteiger partial charge in [-0.05, 0) is 13.0 Å². The molecule has 1 rings (SSSR count). The smallest absolute Gasteiger partial charge is 0.435 e. The predicted molar refractivity (Wildman–Crippen MR) is 50.1 cm³/mol. The van der Waals surface area contributed by atoms with Crippen molar-refractivity contribution in [3.63, 3.8) is 0 Å². The molecule has 17 heavy (non-hydrogen) atoms. The van der Waals surface area contributed by atoms with E-state index in [-0.39, 0.29) is 6.61 Å². The third-order valence-electron chi connectivity index (χ3n) is 1.74. The molecule has 0 aliphatic carbocycles. The van der Waals surface area contributed by atoms with Crippen LogP contribution in [0.15, 0.2) is 16.9 Å². The van der Waals surface area contributed by atoms with Crippen LogP contribution in [0.4, 0.5) is 13.2 Å². The highest BCUT2D eigenvalue weighted by Gasteiger charge is 2.33. The number of aromatic nitrogens is 2. The first kappa shape index (κ1) is 13.2. The molecular weight excluding hydrogens is 241 g/mol. The second-order valence-corrected chi connectivity index (χ2v) is 3.02. The van der Waals surface area contributed by atoms with Gasteiger partial charge in [-0.2, -0.15) is 18.3 Å². The fraction of sp³-hybridized carbons (Fsp3) is 0.444. The van der Waals surface area contributed by atoms with Crippen LogP contribution in [0.3, 0.4) is 0 Å². The van der Waals surface area contributed by atoms with Crippen molar-refractivity contribution >= 4 is 5.97 Å². The molecule has 1 aromatic heterocycles. The van der Waals surface area contributed by atoms with Crippen LogP contribution in [-0.4, -0.2) is 22.4 Å². The van der Waals surface area contributed by atoms with E-state index in [0.29, 0.717) is 16.8 Å². The van der Waals surface area contributed by atoms with Gasteiger partial charge in [0, 0.05) is 6.07 Å². The van der Waals surface area contributed by atoms with Gasteiger partial charge in [0.05, 0.1) is 6.61 Å². The molecule has 0 saturated heterocycles. The molecule has 0 atom stereocenters. The monoisotopic (exact) mass is 250 g/mol. The summed E-state index contributed by atoms with van der Waals surface area (Å²) in [6, 6.07) is 1.26. The van der Waals surface area contributed by atoms with Crippen molar-refractivity contribution < 1.29 is 22.7 Å². The molecule has 0 aromatic carbocycles. The SMILES string of the molecule is CCOC(=O)Cn1nc(C(F)(F)F)ccc1=O. The highest BCUT2D eigenvalue weighted by molar-refractivity contribution is 5.68. The molecule has 0 unspecified atom stereocenters. The number of halogens is 3. The van der Waals surface area contributed by atoms with Gasteiger partial charge in [0.2, 0.25) is 0 Å². The maximum Gasteiger partial charge on any atom is 0.435 e. The number of nitrogens with zero attached hydrogens (tertiary/aromatic N) is 2. The lowest BCUT2D eigenvalue weighted by Gasteiger charge is -2.08. The lowest BCUT2D eigenvalue weighted by atomic mass is 10.4. The fourth-order valence-corrected chi connectivity index (χ4v) is 1.04. The summed E-state index contributed by atoms with van der Waals surface area (Å²) in [5.41, 5.74) is -2.03. The van der Waals surface area contributed by atoms with Crippen LogP contribution in [0.2, 0.25) is 0 Å². The average molecular weight is 250 g/mol. The Morgan fingerprint density at radius 2 is 2.12 bits per heavy atom. The maximum absolute atomic E-state index is 12.3.